The van der Waals surface area contributed by atoms with Crippen LogP contribution in [0.25, 0.3) is 10.8 Å². The molecular formula is C29H40FN7O4S. The van der Waals surface area contributed by atoms with Crippen molar-refractivity contribution in [3.63, 3.8) is 0 Å². The summed E-state index contributed by atoms with van der Waals surface area (Å²) in [5.41, 5.74) is 1.89. The van der Waals surface area contributed by atoms with Crippen molar-refractivity contribution in [1.29, 1.82) is 0 Å². The number of hydrogen-bond acceptors (Lipinski definition) is 11. The molecule has 0 radical (unpaired) electrons. The number of pyridine rings is 2. The molecule has 0 saturated carbocycles. The number of sulfone groups is 1. The van der Waals surface area contributed by atoms with Crippen LogP contribution in [0.3, 0.4) is 0 Å². The second-order valence-electron chi connectivity index (χ2n) is 11.4. The van der Waals surface area contributed by atoms with Crippen molar-refractivity contribution in [2.75, 3.05) is 59.5 Å². The number of fused-ring (bicyclic) bond motifs is 1. The van der Waals surface area contributed by atoms with E-state index in [1.807, 2.05) is 18.5 Å². The highest BCUT2D eigenvalue weighted by Gasteiger charge is 2.39. The molecule has 5 rings (SSSR count). The van der Waals surface area contributed by atoms with Gasteiger partial charge >= 0.3 is 0 Å². The van der Waals surface area contributed by atoms with E-state index in [-0.39, 0.29) is 49.1 Å². The molecule has 3 aromatic rings. The van der Waals surface area contributed by atoms with Crippen molar-refractivity contribution in [3.8, 4) is 0 Å². The van der Waals surface area contributed by atoms with E-state index in [9.17, 15) is 12.8 Å². The first-order chi connectivity index (χ1) is 20.1. The Labute approximate surface area is 246 Å². The third-order valence-corrected chi connectivity index (χ3v) is 10.1. The predicted octanol–water partition coefficient (Wildman–Crippen LogP) is 3.47. The number of aliphatic hydroxyl groups excluding tert-OH is 1. The highest BCUT2D eigenvalue weighted by Crippen LogP contribution is 2.38. The van der Waals surface area contributed by atoms with E-state index in [1.54, 1.807) is 24.1 Å². The first-order valence-electron chi connectivity index (χ1n) is 14.6. The first-order valence-corrected chi connectivity index (χ1v) is 16.4. The van der Waals surface area contributed by atoms with Gasteiger partial charge in [0.15, 0.2) is 0 Å². The van der Waals surface area contributed by atoms with Gasteiger partial charge in [0.2, 0.25) is 5.95 Å². The summed E-state index contributed by atoms with van der Waals surface area (Å²) in [6, 6.07) is 3.78. The quantitative estimate of drug-likeness (QED) is 0.335. The van der Waals surface area contributed by atoms with Gasteiger partial charge in [0.25, 0.3) is 0 Å². The molecule has 2 N–H and O–H groups in total. The smallest absolute Gasteiger partial charge is 0.227 e. The zero-order valence-electron chi connectivity index (χ0n) is 24.6. The largest absolute Gasteiger partial charge is 0.394 e. The summed E-state index contributed by atoms with van der Waals surface area (Å²) < 4.78 is 44.5. The van der Waals surface area contributed by atoms with Gasteiger partial charge in [-0.25, -0.2) is 22.8 Å². The maximum atomic E-state index is 14.7. The maximum absolute atomic E-state index is 14.7. The molecule has 42 heavy (non-hydrogen) atoms. The monoisotopic (exact) mass is 601 g/mol. The summed E-state index contributed by atoms with van der Waals surface area (Å²) in [6.45, 7) is 9.25. The Hall–Kier alpha value is -3.16. The van der Waals surface area contributed by atoms with Crippen LogP contribution in [0, 0.1) is 5.92 Å². The van der Waals surface area contributed by atoms with E-state index in [0.717, 1.165) is 22.2 Å². The lowest BCUT2D eigenvalue weighted by Crippen LogP contribution is -2.57. The minimum Gasteiger partial charge on any atom is -0.394 e. The van der Waals surface area contributed by atoms with Gasteiger partial charge in [-0.3, -0.25) is 4.98 Å². The fraction of sp³-hybridized carbons (Fsp3) is 0.586. The molecule has 2 saturated heterocycles. The highest BCUT2D eigenvalue weighted by molar-refractivity contribution is 7.91. The maximum Gasteiger partial charge on any atom is 0.227 e. The number of piperidine rings is 1. The van der Waals surface area contributed by atoms with Gasteiger partial charge < -0.3 is 25.0 Å². The lowest BCUT2D eigenvalue weighted by Gasteiger charge is -2.48. The Bertz CT molecular complexity index is 1510. The molecule has 0 spiro atoms. The average Bonchev–Trinajstić information content (AvgIpc) is 2.98. The minimum atomic E-state index is -3.04. The van der Waals surface area contributed by atoms with Gasteiger partial charge in [-0.15, -0.1) is 0 Å². The summed E-state index contributed by atoms with van der Waals surface area (Å²) in [4.78, 5) is 22.5. The van der Waals surface area contributed by atoms with Gasteiger partial charge in [-0.1, -0.05) is 20.8 Å². The van der Waals surface area contributed by atoms with Crippen molar-refractivity contribution < 1.29 is 22.7 Å². The number of nitrogens with zero attached hydrogens (tertiary/aromatic N) is 6. The molecule has 2 fully saturated rings. The van der Waals surface area contributed by atoms with Crippen LogP contribution in [0.1, 0.15) is 45.7 Å². The third kappa shape index (κ3) is 6.42. The van der Waals surface area contributed by atoms with Gasteiger partial charge in [0.1, 0.15) is 27.6 Å². The molecule has 13 heteroatoms. The first kappa shape index (κ1) is 30.3. The van der Waals surface area contributed by atoms with Crippen LogP contribution < -0.4 is 15.1 Å². The number of rotatable bonds is 11. The Morgan fingerprint density at radius 1 is 1.17 bits per heavy atom. The molecule has 228 valence electrons. The van der Waals surface area contributed by atoms with Crippen LogP contribution in [-0.4, -0.2) is 96.1 Å². The average molecular weight is 602 g/mol. The van der Waals surface area contributed by atoms with E-state index in [0.29, 0.717) is 37.1 Å². The van der Waals surface area contributed by atoms with Gasteiger partial charge in [0.05, 0.1) is 49.2 Å². The van der Waals surface area contributed by atoms with E-state index in [4.69, 9.17) is 14.8 Å². The minimum absolute atomic E-state index is 0.0775. The zero-order chi connectivity index (χ0) is 30.0. The number of nitrogens with one attached hydrogen (secondary N) is 1. The number of aliphatic hydroxyl groups is 1. The fourth-order valence-electron chi connectivity index (χ4n) is 5.70. The molecule has 5 heterocycles. The predicted molar refractivity (Wildman–Crippen MR) is 162 cm³/mol. The lowest BCUT2D eigenvalue weighted by atomic mass is 9.90. The number of halogens is 1. The molecule has 0 unspecified atom stereocenters. The second-order valence-corrected chi connectivity index (χ2v) is 13.8. The number of ether oxygens (including phenoxy) is 1. The second kappa shape index (κ2) is 12.6. The molecule has 3 aromatic heterocycles. The van der Waals surface area contributed by atoms with Gasteiger partial charge in [-0.2, -0.15) is 4.98 Å². The molecule has 0 bridgehead atoms. The van der Waals surface area contributed by atoms with Gasteiger partial charge in [-0.05, 0) is 31.4 Å². The normalized spacial score (nSPS) is 22.9. The van der Waals surface area contributed by atoms with Crippen LogP contribution in [0.2, 0.25) is 0 Å². The number of aromatic nitrogens is 4. The Kier molecular flexibility index (Phi) is 9.09. The van der Waals surface area contributed by atoms with Crippen molar-refractivity contribution in [2.24, 2.45) is 5.92 Å². The summed E-state index contributed by atoms with van der Waals surface area (Å²) in [5.74, 6) is 2.17. The Balaban J connectivity index is 1.35. The summed E-state index contributed by atoms with van der Waals surface area (Å²) in [7, 11) is -3.04. The number of alkyl halides is 1. The molecule has 4 atom stereocenters. The van der Waals surface area contributed by atoms with E-state index >= 15 is 0 Å². The van der Waals surface area contributed by atoms with Crippen LogP contribution in [-0.2, 0) is 14.6 Å². The van der Waals surface area contributed by atoms with E-state index in [1.165, 1.54) is 0 Å². The molecule has 0 aromatic carbocycles. The lowest BCUT2D eigenvalue weighted by molar-refractivity contribution is -0.0262. The van der Waals surface area contributed by atoms with Crippen LogP contribution >= 0.6 is 0 Å². The van der Waals surface area contributed by atoms with Crippen molar-refractivity contribution in [1.82, 2.24) is 19.9 Å². The van der Waals surface area contributed by atoms with Gasteiger partial charge in [0, 0.05) is 54.0 Å². The molecule has 0 aliphatic carbocycles. The van der Waals surface area contributed by atoms with Crippen molar-refractivity contribution in [3.05, 3.63) is 36.4 Å². The summed E-state index contributed by atoms with van der Waals surface area (Å²) in [6.07, 6.45) is 4.07. The van der Waals surface area contributed by atoms with Crippen LogP contribution in [0.15, 0.2) is 30.7 Å². The Morgan fingerprint density at radius 2 is 1.98 bits per heavy atom. The fourth-order valence-corrected chi connectivity index (χ4v) is 6.97. The molecule has 2 aliphatic heterocycles. The SMILES string of the molecule is CCS(=O)(=O)C[C@H]1CN(c2cnc(C(C)C)c3cc(Nc4ccnc(N5CC[C@@H](OCCO)[C@@H](F)C5)n4)ncc23)[C@@H]1C. The topological polar surface area (TPSA) is 134 Å². The summed E-state index contributed by atoms with van der Waals surface area (Å²) >= 11 is 0. The van der Waals surface area contributed by atoms with Crippen molar-refractivity contribution in [2.45, 2.75) is 58.4 Å². The van der Waals surface area contributed by atoms with Crippen LogP contribution in [0.5, 0.6) is 0 Å². The Morgan fingerprint density at radius 3 is 2.67 bits per heavy atom. The van der Waals surface area contributed by atoms with E-state index < -0.39 is 22.1 Å². The molecule has 11 nitrogen and oxygen atoms in total. The third-order valence-electron chi connectivity index (χ3n) is 8.24. The summed E-state index contributed by atoms with van der Waals surface area (Å²) in [5, 5.41) is 14.2. The molecular weight excluding hydrogens is 561 g/mol. The standard InChI is InChI=1S/C29H40FN7O4S/c1-5-42(39,40)17-20-15-37(19(20)4)24-14-33-28(18(2)3)21-12-27(32-13-22(21)24)34-26-6-8-31-29(35-26)36-9-7-25(23(30)16-36)41-11-10-38/h6,8,12-14,18-20,23,25,38H,5,7,9-11,15-17H2,1-4H3,(H,31,32,34,35)/t19-,20-,23+,25-/m1/s1. The van der Waals surface area contributed by atoms with Crippen LogP contribution in [0.4, 0.5) is 27.7 Å². The molecule has 2 aliphatic rings. The zero-order valence-corrected chi connectivity index (χ0v) is 25.4. The molecule has 0 amide bonds. The van der Waals surface area contributed by atoms with Crippen molar-refractivity contribution >= 4 is 43.9 Å². The number of anilines is 4. The van der Waals surface area contributed by atoms with E-state index in [2.05, 4.69) is 45.9 Å². The highest BCUT2D eigenvalue weighted by atomic mass is 32.2. The number of hydrogen-bond donors (Lipinski definition) is 2.